The van der Waals surface area contributed by atoms with Crippen LogP contribution in [0.2, 0.25) is 0 Å². The second-order valence-corrected chi connectivity index (χ2v) is 11.9. The maximum absolute atomic E-state index is 15.2. The second-order valence-electron chi connectivity index (χ2n) is 11.9. The van der Waals surface area contributed by atoms with Gasteiger partial charge in [0.25, 0.3) is 0 Å². The molecule has 5 rings (SSSR count). The van der Waals surface area contributed by atoms with Gasteiger partial charge in [-0.2, -0.15) is 8.78 Å². The maximum Gasteiger partial charge on any atom is 0.432 e. The van der Waals surface area contributed by atoms with E-state index in [0.29, 0.717) is 29.7 Å². The van der Waals surface area contributed by atoms with Gasteiger partial charge in [-0.05, 0) is 90.1 Å². The molecular weight excluding hydrogens is 593 g/mol. The Morgan fingerprint density at radius 3 is 1.93 bits per heavy atom. The fourth-order valence-electron chi connectivity index (χ4n) is 6.25. The average Bonchev–Trinajstić information content (AvgIpc) is 3.01. The Morgan fingerprint density at radius 2 is 1.33 bits per heavy atom. The van der Waals surface area contributed by atoms with Crippen LogP contribution >= 0.6 is 0 Å². The summed E-state index contributed by atoms with van der Waals surface area (Å²) in [6.45, 7) is 1.05. The quantitative estimate of drug-likeness (QED) is 0.119. The first-order chi connectivity index (χ1) is 21.6. The van der Waals surface area contributed by atoms with Crippen molar-refractivity contribution in [2.24, 2.45) is 5.92 Å². The smallest absolute Gasteiger partial charge is 0.429 e. The molecule has 8 heteroatoms. The van der Waals surface area contributed by atoms with Gasteiger partial charge in [0.1, 0.15) is 41.3 Å². The number of hydrogen-bond acceptors (Lipinski definition) is 1. The summed E-state index contributed by atoms with van der Waals surface area (Å²) in [6, 6.07) is 15.6. The lowest BCUT2D eigenvalue weighted by atomic mass is 9.77. The van der Waals surface area contributed by atoms with E-state index < -0.39 is 47.4 Å². The molecule has 1 nitrogen and oxygen atoms in total. The Balaban J connectivity index is 1.29. The minimum absolute atomic E-state index is 0.177. The highest BCUT2D eigenvalue weighted by Crippen LogP contribution is 2.40. The number of ether oxygens (including phenoxy) is 1. The highest BCUT2D eigenvalue weighted by Gasteiger charge is 2.41. The molecule has 1 saturated carbocycles. The van der Waals surface area contributed by atoms with Crippen LogP contribution in [0.5, 0.6) is 5.75 Å². The number of alkyl halides is 3. The summed E-state index contributed by atoms with van der Waals surface area (Å²) in [5.41, 5.74) is 0.0304. The van der Waals surface area contributed by atoms with Crippen molar-refractivity contribution in [2.45, 2.75) is 77.0 Å². The van der Waals surface area contributed by atoms with Gasteiger partial charge in [0, 0.05) is 17.2 Å². The SMILES string of the molecule is CCCCCC1CCC(c2ccc(-c3ccc(-c4cc(F)c(C(F)(F)Oc5ccc(CF)c(F)c5)c(F)c4)c(F)c3)cc2)CC1. The fourth-order valence-corrected chi connectivity index (χ4v) is 6.25. The van der Waals surface area contributed by atoms with Gasteiger partial charge in [-0.25, -0.2) is 22.0 Å². The molecule has 0 bridgehead atoms. The van der Waals surface area contributed by atoms with Crippen LogP contribution in [0.3, 0.4) is 0 Å². The van der Waals surface area contributed by atoms with E-state index in [-0.39, 0.29) is 16.7 Å². The van der Waals surface area contributed by atoms with E-state index in [1.54, 1.807) is 6.07 Å². The molecule has 0 unspecified atom stereocenters. The van der Waals surface area contributed by atoms with Gasteiger partial charge in [0.05, 0.1) is 0 Å². The first-order valence-corrected chi connectivity index (χ1v) is 15.4. The molecule has 1 aliphatic carbocycles. The lowest BCUT2D eigenvalue weighted by Crippen LogP contribution is -2.25. The van der Waals surface area contributed by atoms with Crippen molar-refractivity contribution in [3.05, 3.63) is 113 Å². The van der Waals surface area contributed by atoms with Crippen molar-refractivity contribution in [1.29, 1.82) is 0 Å². The van der Waals surface area contributed by atoms with E-state index in [2.05, 4.69) is 23.8 Å². The summed E-state index contributed by atoms with van der Waals surface area (Å²) in [6.07, 6.45) is 5.41. The number of rotatable bonds is 11. The number of hydrogen-bond donors (Lipinski definition) is 0. The van der Waals surface area contributed by atoms with Gasteiger partial charge in [-0.3, -0.25) is 0 Å². The molecule has 0 spiro atoms. The molecule has 0 aromatic heterocycles. The predicted octanol–water partition coefficient (Wildman–Crippen LogP) is 12.0. The van der Waals surface area contributed by atoms with E-state index in [9.17, 15) is 26.3 Å². The lowest BCUT2D eigenvalue weighted by Gasteiger charge is -2.29. The molecule has 4 aromatic carbocycles. The monoisotopic (exact) mass is 628 g/mol. The third-order valence-corrected chi connectivity index (χ3v) is 8.81. The molecule has 45 heavy (non-hydrogen) atoms. The summed E-state index contributed by atoms with van der Waals surface area (Å²) in [5.74, 6) is -4.71. The zero-order valence-electron chi connectivity index (χ0n) is 25.0. The van der Waals surface area contributed by atoms with Crippen molar-refractivity contribution in [3.63, 3.8) is 0 Å². The summed E-state index contributed by atoms with van der Waals surface area (Å²) in [5, 5.41) is 0. The Labute approximate surface area is 259 Å². The van der Waals surface area contributed by atoms with Gasteiger partial charge < -0.3 is 4.74 Å². The van der Waals surface area contributed by atoms with Crippen molar-refractivity contribution >= 4 is 0 Å². The van der Waals surface area contributed by atoms with E-state index in [1.807, 2.05) is 12.1 Å². The molecule has 0 aliphatic heterocycles. The average molecular weight is 629 g/mol. The molecule has 0 amide bonds. The van der Waals surface area contributed by atoms with Crippen molar-refractivity contribution < 1.29 is 35.5 Å². The molecular formula is C37H35F7O. The van der Waals surface area contributed by atoms with Gasteiger partial charge in [0.15, 0.2) is 0 Å². The molecule has 0 atom stereocenters. The number of unbranched alkanes of at least 4 members (excludes halogenated alkanes) is 2. The zero-order chi connectivity index (χ0) is 32.1. The van der Waals surface area contributed by atoms with Crippen LogP contribution in [0.1, 0.15) is 80.9 Å². The van der Waals surface area contributed by atoms with Crippen molar-refractivity contribution in [3.8, 4) is 28.0 Å². The van der Waals surface area contributed by atoms with E-state index in [1.165, 1.54) is 56.2 Å². The van der Waals surface area contributed by atoms with E-state index in [4.69, 9.17) is 0 Å². The molecule has 4 aromatic rings. The van der Waals surface area contributed by atoms with Gasteiger partial charge in [-0.1, -0.05) is 69.0 Å². The topological polar surface area (TPSA) is 9.23 Å². The Kier molecular flexibility index (Phi) is 10.2. The van der Waals surface area contributed by atoms with E-state index >= 15 is 4.39 Å². The molecule has 238 valence electrons. The van der Waals surface area contributed by atoms with E-state index in [0.717, 1.165) is 36.5 Å². The summed E-state index contributed by atoms with van der Waals surface area (Å²) < 4.78 is 106. The third-order valence-electron chi connectivity index (χ3n) is 8.81. The van der Waals surface area contributed by atoms with Crippen LogP contribution in [0.15, 0.2) is 72.8 Å². The van der Waals surface area contributed by atoms with Crippen LogP contribution in [0, 0.1) is 29.2 Å². The van der Waals surface area contributed by atoms with Gasteiger partial charge >= 0.3 is 6.11 Å². The predicted molar refractivity (Wildman–Crippen MR) is 162 cm³/mol. The molecule has 0 radical (unpaired) electrons. The standard InChI is InChI=1S/C37H35F7O/c1-2-3-4-5-23-6-8-24(9-7-23)25-10-12-26(13-11-25)27-15-17-31(33(40)18-27)29-19-34(41)36(35(42)20-29)37(43,44)45-30-16-14-28(22-38)32(39)21-30/h10-21,23-24H,2-9,22H2,1H3. The Bertz CT molecular complexity index is 1590. The zero-order valence-corrected chi connectivity index (χ0v) is 25.0. The summed E-state index contributed by atoms with van der Waals surface area (Å²) in [4.78, 5) is 0. The number of benzene rings is 4. The molecule has 0 saturated heterocycles. The minimum Gasteiger partial charge on any atom is -0.429 e. The summed E-state index contributed by atoms with van der Waals surface area (Å²) in [7, 11) is 0. The molecule has 1 aliphatic rings. The molecule has 0 heterocycles. The van der Waals surface area contributed by atoms with Gasteiger partial charge in [0.2, 0.25) is 0 Å². The third kappa shape index (κ3) is 7.54. The second kappa shape index (κ2) is 14.1. The number of halogens is 7. The van der Waals surface area contributed by atoms with Crippen LogP contribution in [0.25, 0.3) is 22.3 Å². The fraction of sp³-hybridized carbons (Fsp3) is 0.351. The maximum atomic E-state index is 15.2. The molecule has 1 fully saturated rings. The normalized spacial score (nSPS) is 17.0. The van der Waals surface area contributed by atoms with Gasteiger partial charge in [-0.15, -0.1) is 0 Å². The highest BCUT2D eigenvalue weighted by molar-refractivity contribution is 5.71. The highest BCUT2D eigenvalue weighted by atomic mass is 19.3. The summed E-state index contributed by atoms with van der Waals surface area (Å²) >= 11 is 0. The lowest BCUT2D eigenvalue weighted by molar-refractivity contribution is -0.189. The Hall–Kier alpha value is -3.81. The van der Waals surface area contributed by atoms with Crippen molar-refractivity contribution in [2.75, 3.05) is 0 Å². The van der Waals surface area contributed by atoms with Crippen molar-refractivity contribution in [1.82, 2.24) is 0 Å². The van der Waals surface area contributed by atoms with Crippen LogP contribution < -0.4 is 4.74 Å². The largest absolute Gasteiger partial charge is 0.432 e. The first kappa shape index (κ1) is 32.6. The molecule has 0 N–H and O–H groups in total. The van der Waals surface area contributed by atoms with Crippen LogP contribution in [0.4, 0.5) is 30.7 Å². The Morgan fingerprint density at radius 1 is 0.689 bits per heavy atom. The minimum atomic E-state index is -4.54. The van der Waals surface area contributed by atoms with Crippen LogP contribution in [-0.4, -0.2) is 0 Å². The first-order valence-electron chi connectivity index (χ1n) is 15.4. The van der Waals surface area contributed by atoms with Crippen LogP contribution in [-0.2, 0) is 12.8 Å².